The highest BCUT2D eigenvalue weighted by molar-refractivity contribution is 5.79. The quantitative estimate of drug-likeness (QED) is 0.368. The van der Waals surface area contributed by atoms with Crippen molar-refractivity contribution in [1.29, 1.82) is 0 Å². The number of nitrogens with zero attached hydrogens (tertiary/aromatic N) is 2. The number of nitro groups is 1. The second kappa shape index (κ2) is 8.52. The van der Waals surface area contributed by atoms with Crippen molar-refractivity contribution < 1.29 is 9.66 Å². The summed E-state index contributed by atoms with van der Waals surface area (Å²) in [7, 11) is 3.30. The number of hydrogen-bond acceptors (Lipinski definition) is 4. The first-order chi connectivity index (χ1) is 11.6. The fourth-order valence-electron chi connectivity index (χ4n) is 2.21. The molecule has 0 unspecified atom stereocenters. The number of guanidine groups is 1. The number of non-ortho nitro benzene ring substituents is 1. The van der Waals surface area contributed by atoms with E-state index in [1.54, 1.807) is 26.3 Å². The summed E-state index contributed by atoms with van der Waals surface area (Å²) in [6.07, 6.45) is 0. The smallest absolute Gasteiger partial charge is 0.269 e. The van der Waals surface area contributed by atoms with E-state index in [4.69, 9.17) is 4.74 Å². The van der Waals surface area contributed by atoms with Crippen LogP contribution in [0.2, 0.25) is 0 Å². The topological polar surface area (TPSA) is 88.8 Å². The Balaban J connectivity index is 1.93. The predicted octanol–water partition coefficient (Wildman–Crippen LogP) is 2.47. The number of methoxy groups -OCH3 is 1. The molecule has 0 saturated carbocycles. The van der Waals surface area contributed by atoms with Crippen LogP contribution in [0.15, 0.2) is 53.5 Å². The van der Waals surface area contributed by atoms with E-state index in [9.17, 15) is 10.1 Å². The SMILES string of the molecule is CN=C(NCc1cccc([N+](=O)[O-])c1)NCc1ccccc1OC. The van der Waals surface area contributed by atoms with Gasteiger partial charge in [-0.25, -0.2) is 0 Å². The summed E-state index contributed by atoms with van der Waals surface area (Å²) in [5.74, 6) is 1.41. The van der Waals surface area contributed by atoms with Gasteiger partial charge in [0.2, 0.25) is 0 Å². The van der Waals surface area contributed by atoms with Crippen LogP contribution in [0.4, 0.5) is 5.69 Å². The molecule has 0 aliphatic carbocycles. The number of rotatable bonds is 6. The second-order valence-electron chi connectivity index (χ2n) is 5.02. The van der Waals surface area contributed by atoms with Crippen molar-refractivity contribution in [1.82, 2.24) is 10.6 Å². The van der Waals surface area contributed by atoms with E-state index in [1.807, 2.05) is 30.3 Å². The van der Waals surface area contributed by atoms with Crippen LogP contribution in [0.5, 0.6) is 5.75 Å². The number of nitrogens with one attached hydrogen (secondary N) is 2. The molecule has 0 radical (unpaired) electrons. The van der Waals surface area contributed by atoms with Crippen LogP contribution >= 0.6 is 0 Å². The summed E-state index contributed by atoms with van der Waals surface area (Å²) in [6, 6.07) is 14.2. The molecular weight excluding hydrogens is 308 g/mol. The van der Waals surface area contributed by atoms with Crippen LogP contribution in [0.25, 0.3) is 0 Å². The van der Waals surface area contributed by atoms with Crippen LogP contribution in [0.3, 0.4) is 0 Å². The lowest BCUT2D eigenvalue weighted by atomic mass is 10.2. The van der Waals surface area contributed by atoms with Crippen LogP contribution in [-0.2, 0) is 13.1 Å². The van der Waals surface area contributed by atoms with Gasteiger partial charge in [-0.3, -0.25) is 15.1 Å². The van der Waals surface area contributed by atoms with Crippen molar-refractivity contribution in [3.05, 3.63) is 69.8 Å². The molecule has 2 aromatic rings. The van der Waals surface area contributed by atoms with Gasteiger partial charge in [-0.1, -0.05) is 30.3 Å². The molecular formula is C17H20N4O3. The van der Waals surface area contributed by atoms with Gasteiger partial charge in [0.25, 0.3) is 5.69 Å². The molecule has 7 heteroatoms. The Morgan fingerprint density at radius 2 is 1.92 bits per heavy atom. The molecule has 0 aliphatic rings. The molecule has 0 spiro atoms. The number of hydrogen-bond donors (Lipinski definition) is 2. The average Bonchev–Trinajstić information content (AvgIpc) is 2.62. The minimum atomic E-state index is -0.405. The van der Waals surface area contributed by atoms with Crippen LogP contribution in [-0.4, -0.2) is 25.0 Å². The molecule has 0 fully saturated rings. The predicted molar refractivity (Wildman–Crippen MR) is 93.1 cm³/mol. The van der Waals surface area contributed by atoms with Crippen molar-refractivity contribution in [2.24, 2.45) is 4.99 Å². The van der Waals surface area contributed by atoms with E-state index in [2.05, 4.69) is 15.6 Å². The third kappa shape index (κ3) is 4.70. The molecule has 0 heterocycles. The third-order valence-corrected chi connectivity index (χ3v) is 3.44. The van der Waals surface area contributed by atoms with Crippen molar-refractivity contribution in [2.45, 2.75) is 13.1 Å². The Morgan fingerprint density at radius 3 is 2.62 bits per heavy atom. The van der Waals surface area contributed by atoms with Gasteiger partial charge in [0.1, 0.15) is 5.75 Å². The van der Waals surface area contributed by atoms with Gasteiger partial charge < -0.3 is 15.4 Å². The zero-order valence-electron chi connectivity index (χ0n) is 13.7. The first-order valence-electron chi connectivity index (χ1n) is 7.43. The highest BCUT2D eigenvalue weighted by Gasteiger charge is 2.07. The Labute approximate surface area is 140 Å². The monoisotopic (exact) mass is 328 g/mol. The van der Waals surface area contributed by atoms with Gasteiger partial charge in [-0.15, -0.1) is 0 Å². The number of benzene rings is 2. The van der Waals surface area contributed by atoms with E-state index in [-0.39, 0.29) is 5.69 Å². The molecule has 24 heavy (non-hydrogen) atoms. The number of nitro benzene ring substituents is 1. The van der Waals surface area contributed by atoms with E-state index in [0.29, 0.717) is 19.0 Å². The molecule has 0 bridgehead atoms. The molecule has 7 nitrogen and oxygen atoms in total. The van der Waals surface area contributed by atoms with E-state index < -0.39 is 4.92 Å². The van der Waals surface area contributed by atoms with Gasteiger partial charge in [0, 0.05) is 37.8 Å². The average molecular weight is 328 g/mol. The second-order valence-corrected chi connectivity index (χ2v) is 5.02. The first-order valence-corrected chi connectivity index (χ1v) is 7.43. The maximum Gasteiger partial charge on any atom is 0.269 e. The molecule has 2 N–H and O–H groups in total. The molecule has 0 amide bonds. The summed E-state index contributed by atoms with van der Waals surface area (Å²) in [5.41, 5.74) is 1.90. The lowest BCUT2D eigenvalue weighted by Crippen LogP contribution is -2.36. The summed E-state index contributed by atoms with van der Waals surface area (Å²) in [5, 5.41) is 17.1. The van der Waals surface area contributed by atoms with Crippen molar-refractivity contribution in [3.63, 3.8) is 0 Å². The van der Waals surface area contributed by atoms with Gasteiger partial charge >= 0.3 is 0 Å². The lowest BCUT2D eigenvalue weighted by Gasteiger charge is -2.13. The van der Waals surface area contributed by atoms with Gasteiger partial charge in [-0.2, -0.15) is 0 Å². The largest absolute Gasteiger partial charge is 0.496 e. The summed E-state index contributed by atoms with van der Waals surface area (Å²) in [4.78, 5) is 14.6. The standard InChI is InChI=1S/C17H20N4O3/c1-18-17(20-12-14-7-3-4-9-16(14)24-2)19-11-13-6-5-8-15(10-13)21(22)23/h3-10H,11-12H2,1-2H3,(H2,18,19,20). The zero-order chi connectivity index (χ0) is 17.4. The van der Waals surface area contributed by atoms with E-state index in [0.717, 1.165) is 16.9 Å². The molecule has 0 saturated heterocycles. The highest BCUT2D eigenvalue weighted by atomic mass is 16.6. The normalized spacial score (nSPS) is 11.0. The molecule has 2 rings (SSSR count). The molecule has 126 valence electrons. The first kappa shape index (κ1) is 17.3. The summed E-state index contributed by atoms with van der Waals surface area (Å²) in [6.45, 7) is 0.992. The number of ether oxygens (including phenoxy) is 1. The fourth-order valence-corrected chi connectivity index (χ4v) is 2.21. The highest BCUT2D eigenvalue weighted by Crippen LogP contribution is 2.16. The van der Waals surface area contributed by atoms with Crippen molar-refractivity contribution >= 4 is 11.6 Å². The molecule has 0 atom stereocenters. The third-order valence-electron chi connectivity index (χ3n) is 3.44. The molecule has 2 aromatic carbocycles. The number of para-hydroxylation sites is 1. The maximum absolute atomic E-state index is 10.8. The van der Waals surface area contributed by atoms with Gasteiger partial charge in [0.05, 0.1) is 12.0 Å². The van der Waals surface area contributed by atoms with Crippen molar-refractivity contribution in [3.8, 4) is 5.75 Å². The van der Waals surface area contributed by atoms with E-state index >= 15 is 0 Å². The molecule has 0 aromatic heterocycles. The van der Waals surface area contributed by atoms with Crippen LogP contribution in [0.1, 0.15) is 11.1 Å². The van der Waals surface area contributed by atoms with E-state index in [1.165, 1.54) is 6.07 Å². The van der Waals surface area contributed by atoms with Gasteiger partial charge in [0.15, 0.2) is 5.96 Å². The lowest BCUT2D eigenvalue weighted by molar-refractivity contribution is -0.384. The Hall–Kier alpha value is -3.09. The van der Waals surface area contributed by atoms with Crippen molar-refractivity contribution in [2.75, 3.05) is 14.2 Å². The zero-order valence-corrected chi connectivity index (χ0v) is 13.7. The summed E-state index contributed by atoms with van der Waals surface area (Å²) >= 11 is 0. The minimum Gasteiger partial charge on any atom is -0.496 e. The summed E-state index contributed by atoms with van der Waals surface area (Å²) < 4.78 is 5.31. The Bertz CT molecular complexity index is 731. The van der Waals surface area contributed by atoms with Crippen LogP contribution < -0.4 is 15.4 Å². The molecule has 0 aliphatic heterocycles. The van der Waals surface area contributed by atoms with Crippen LogP contribution in [0, 0.1) is 10.1 Å². The fraction of sp³-hybridized carbons (Fsp3) is 0.235. The maximum atomic E-state index is 10.8. The Morgan fingerprint density at radius 1 is 1.17 bits per heavy atom. The van der Waals surface area contributed by atoms with Gasteiger partial charge in [-0.05, 0) is 11.6 Å². The minimum absolute atomic E-state index is 0.0752. The number of aliphatic imine (C=N–C) groups is 1. The Kier molecular flexibility index (Phi) is 6.13.